The van der Waals surface area contributed by atoms with Crippen molar-refractivity contribution in [3.63, 3.8) is 0 Å². The lowest BCUT2D eigenvalue weighted by atomic mass is 10.1. The Kier molecular flexibility index (Phi) is 5.32. The molecule has 0 fully saturated rings. The molecule has 1 aromatic heterocycles. The summed E-state index contributed by atoms with van der Waals surface area (Å²) in [7, 11) is 0. The highest BCUT2D eigenvalue weighted by Crippen LogP contribution is 2.21. The van der Waals surface area contributed by atoms with Gasteiger partial charge in [0.2, 0.25) is 5.88 Å². The molecule has 0 aliphatic heterocycles. The highest BCUT2D eigenvalue weighted by Gasteiger charge is 2.13. The Morgan fingerprint density at radius 2 is 1.93 bits per heavy atom. The first-order valence-electron chi connectivity index (χ1n) is 8.04. The van der Waals surface area contributed by atoms with Crippen molar-refractivity contribution in [3.05, 3.63) is 93.9 Å². The number of aromatic nitrogens is 2. The number of carbonyl (C=O) groups is 1. The van der Waals surface area contributed by atoms with Gasteiger partial charge < -0.3 is 4.74 Å². The zero-order valence-corrected chi connectivity index (χ0v) is 14.4. The molecule has 0 bridgehead atoms. The summed E-state index contributed by atoms with van der Waals surface area (Å²) in [5.41, 5.74) is 1.50. The van der Waals surface area contributed by atoms with Crippen LogP contribution in [0.3, 0.4) is 0 Å². The molecule has 0 aliphatic carbocycles. The highest BCUT2D eigenvalue weighted by molar-refractivity contribution is 6.07. The van der Waals surface area contributed by atoms with Gasteiger partial charge in [0, 0.05) is 29.6 Å². The van der Waals surface area contributed by atoms with Crippen LogP contribution >= 0.6 is 0 Å². The number of carbonyl (C=O) groups excluding carboxylic acids is 1. The minimum Gasteiger partial charge on any atom is -0.438 e. The zero-order valence-electron chi connectivity index (χ0n) is 14.4. The van der Waals surface area contributed by atoms with Crippen molar-refractivity contribution >= 4 is 17.5 Å². The Balaban J connectivity index is 1.69. The molecule has 3 rings (SSSR count). The van der Waals surface area contributed by atoms with Gasteiger partial charge >= 0.3 is 0 Å². The van der Waals surface area contributed by atoms with E-state index in [9.17, 15) is 14.9 Å². The number of rotatable bonds is 6. The molecule has 7 heteroatoms. The predicted octanol–water partition coefficient (Wildman–Crippen LogP) is 4.38. The van der Waals surface area contributed by atoms with Crippen LogP contribution in [0, 0.1) is 17.0 Å². The maximum absolute atomic E-state index is 12.3. The Morgan fingerprint density at radius 1 is 1.15 bits per heavy atom. The van der Waals surface area contributed by atoms with Crippen molar-refractivity contribution in [1.82, 2.24) is 9.97 Å². The quantitative estimate of drug-likeness (QED) is 0.280. The molecule has 27 heavy (non-hydrogen) atoms. The van der Waals surface area contributed by atoms with Gasteiger partial charge in [0.15, 0.2) is 5.78 Å². The van der Waals surface area contributed by atoms with E-state index in [4.69, 9.17) is 4.74 Å². The Labute approximate surface area is 155 Å². The van der Waals surface area contributed by atoms with Crippen LogP contribution in [0.5, 0.6) is 11.6 Å². The van der Waals surface area contributed by atoms with E-state index < -0.39 is 4.92 Å². The van der Waals surface area contributed by atoms with Gasteiger partial charge in [-0.05, 0) is 30.7 Å². The van der Waals surface area contributed by atoms with Crippen LogP contribution in [0.25, 0.3) is 6.08 Å². The molecule has 0 N–H and O–H groups in total. The van der Waals surface area contributed by atoms with Gasteiger partial charge in [0.1, 0.15) is 5.75 Å². The smallest absolute Gasteiger partial charge is 0.273 e. The van der Waals surface area contributed by atoms with E-state index in [-0.39, 0.29) is 17.0 Å². The number of nitro benzene ring substituents is 1. The van der Waals surface area contributed by atoms with Crippen molar-refractivity contribution in [1.29, 1.82) is 0 Å². The molecule has 0 radical (unpaired) electrons. The van der Waals surface area contributed by atoms with E-state index in [1.807, 2.05) is 0 Å². The fraction of sp³-hybridized carbons (Fsp3) is 0.0500. The third-order valence-corrected chi connectivity index (χ3v) is 3.76. The maximum Gasteiger partial charge on any atom is 0.273 e. The molecule has 0 atom stereocenters. The summed E-state index contributed by atoms with van der Waals surface area (Å²) in [5.74, 6) is 0.669. The minimum absolute atomic E-state index is 0.0697. The number of hydrogen-bond donors (Lipinski definition) is 0. The van der Waals surface area contributed by atoms with E-state index in [0.29, 0.717) is 17.2 Å². The molecule has 0 aliphatic rings. The van der Waals surface area contributed by atoms with Gasteiger partial charge in [-0.2, -0.15) is 0 Å². The molecule has 0 saturated heterocycles. The van der Waals surface area contributed by atoms with Crippen LogP contribution in [-0.2, 0) is 0 Å². The first-order chi connectivity index (χ1) is 13.0. The lowest BCUT2D eigenvalue weighted by Gasteiger charge is -2.03. The lowest BCUT2D eigenvalue weighted by molar-refractivity contribution is -0.385. The van der Waals surface area contributed by atoms with Crippen LogP contribution in [0.2, 0.25) is 0 Å². The van der Waals surface area contributed by atoms with E-state index in [0.717, 1.165) is 5.56 Å². The fourth-order valence-corrected chi connectivity index (χ4v) is 2.33. The average Bonchev–Trinajstić information content (AvgIpc) is 2.68. The van der Waals surface area contributed by atoms with Crippen molar-refractivity contribution < 1.29 is 14.5 Å². The molecule has 3 aromatic rings. The highest BCUT2D eigenvalue weighted by atomic mass is 16.6. The van der Waals surface area contributed by atoms with Crippen molar-refractivity contribution in [3.8, 4) is 11.6 Å². The number of allylic oxidation sites excluding steroid dienone is 1. The van der Waals surface area contributed by atoms with Crippen LogP contribution in [0.1, 0.15) is 21.5 Å². The molecular weight excluding hydrogens is 346 g/mol. The second-order valence-electron chi connectivity index (χ2n) is 5.67. The second-order valence-corrected chi connectivity index (χ2v) is 5.67. The third kappa shape index (κ3) is 4.60. The number of nitrogens with zero attached hydrogens (tertiary/aromatic N) is 3. The molecule has 0 saturated carbocycles. The first kappa shape index (κ1) is 17.9. The van der Waals surface area contributed by atoms with Gasteiger partial charge in [-0.1, -0.05) is 30.3 Å². The van der Waals surface area contributed by atoms with Gasteiger partial charge in [0.05, 0.1) is 11.1 Å². The van der Waals surface area contributed by atoms with Gasteiger partial charge in [0.25, 0.3) is 5.69 Å². The SMILES string of the molecule is Cc1ccc(C(=O)/C=C/c2ccc(Oc3cnccn3)cc2)cc1[N+](=O)[O-]. The first-order valence-corrected chi connectivity index (χ1v) is 8.04. The summed E-state index contributed by atoms with van der Waals surface area (Å²) in [5, 5.41) is 11.0. The van der Waals surface area contributed by atoms with Crippen LogP contribution in [0.15, 0.2) is 67.1 Å². The summed E-state index contributed by atoms with van der Waals surface area (Å²) in [6.45, 7) is 1.63. The normalized spacial score (nSPS) is 10.7. The number of hydrogen-bond acceptors (Lipinski definition) is 6. The van der Waals surface area contributed by atoms with Gasteiger partial charge in [-0.3, -0.25) is 19.9 Å². The number of nitro groups is 1. The molecule has 0 amide bonds. The van der Waals surface area contributed by atoms with Crippen LogP contribution in [0.4, 0.5) is 5.69 Å². The zero-order chi connectivity index (χ0) is 19.2. The second kappa shape index (κ2) is 8.01. The van der Waals surface area contributed by atoms with E-state index >= 15 is 0 Å². The Morgan fingerprint density at radius 3 is 2.59 bits per heavy atom. The standard InChI is InChI=1S/C20H15N3O4/c1-14-2-6-16(12-18(14)23(25)26)19(24)9-5-15-3-7-17(8-4-15)27-20-13-21-10-11-22-20/h2-13H,1H3/b9-5+. The maximum atomic E-state index is 12.3. The van der Waals surface area contributed by atoms with E-state index in [1.165, 1.54) is 24.5 Å². The van der Waals surface area contributed by atoms with Crippen LogP contribution < -0.4 is 4.74 Å². The monoisotopic (exact) mass is 361 g/mol. The molecule has 0 spiro atoms. The Bertz CT molecular complexity index is 999. The number of ether oxygens (including phenoxy) is 1. The molecule has 1 heterocycles. The summed E-state index contributed by atoms with van der Waals surface area (Å²) in [6, 6.07) is 11.5. The number of ketones is 1. The lowest BCUT2D eigenvalue weighted by Crippen LogP contribution is -1.98. The van der Waals surface area contributed by atoms with Crippen molar-refractivity contribution in [2.24, 2.45) is 0 Å². The topological polar surface area (TPSA) is 95.2 Å². The minimum atomic E-state index is -0.494. The molecule has 7 nitrogen and oxygen atoms in total. The number of benzene rings is 2. The summed E-state index contributed by atoms with van der Waals surface area (Å²) >= 11 is 0. The molecule has 2 aromatic carbocycles. The number of aryl methyl sites for hydroxylation is 1. The molecule has 134 valence electrons. The fourth-order valence-electron chi connectivity index (χ4n) is 2.33. The van der Waals surface area contributed by atoms with E-state index in [2.05, 4.69) is 9.97 Å². The molecule has 0 unspecified atom stereocenters. The summed E-state index contributed by atoms with van der Waals surface area (Å²) in [4.78, 5) is 30.7. The predicted molar refractivity (Wildman–Crippen MR) is 99.7 cm³/mol. The van der Waals surface area contributed by atoms with E-state index in [1.54, 1.807) is 55.6 Å². The van der Waals surface area contributed by atoms with Crippen LogP contribution in [-0.4, -0.2) is 20.7 Å². The van der Waals surface area contributed by atoms with Crippen molar-refractivity contribution in [2.45, 2.75) is 6.92 Å². The average molecular weight is 361 g/mol. The van der Waals surface area contributed by atoms with Gasteiger partial charge in [-0.25, -0.2) is 4.98 Å². The van der Waals surface area contributed by atoms with Gasteiger partial charge in [-0.15, -0.1) is 0 Å². The Hall–Kier alpha value is -3.87. The largest absolute Gasteiger partial charge is 0.438 e. The summed E-state index contributed by atoms with van der Waals surface area (Å²) < 4.78 is 5.55. The molecular formula is C20H15N3O4. The summed E-state index contributed by atoms with van der Waals surface area (Å²) in [6.07, 6.45) is 7.62. The third-order valence-electron chi connectivity index (χ3n) is 3.76. The van der Waals surface area contributed by atoms with Crippen molar-refractivity contribution in [2.75, 3.05) is 0 Å².